The SMILES string of the molecule is Cc1sc(CN=Nc2ccccc2)cc1C1=C(c2cc(CN=Nc3ccccc3)sc2C)C(F)(F)C(F)(F)C1(F)F. The van der Waals surface area contributed by atoms with E-state index in [0.717, 1.165) is 22.7 Å². The zero-order chi connectivity index (χ0) is 29.4. The summed E-state index contributed by atoms with van der Waals surface area (Å²) in [6.45, 7) is 2.80. The van der Waals surface area contributed by atoms with Crippen molar-refractivity contribution in [2.75, 3.05) is 0 Å². The molecule has 0 spiro atoms. The molecule has 1 aliphatic carbocycles. The van der Waals surface area contributed by atoms with Gasteiger partial charge in [0.25, 0.3) is 0 Å². The first-order valence-corrected chi connectivity index (χ1v) is 14.0. The highest BCUT2D eigenvalue weighted by Gasteiger charge is 2.80. The molecule has 5 rings (SSSR count). The van der Waals surface area contributed by atoms with Crippen molar-refractivity contribution < 1.29 is 26.3 Å². The monoisotopic (exact) mass is 604 g/mol. The molecule has 0 aliphatic heterocycles. The molecule has 0 unspecified atom stereocenters. The van der Waals surface area contributed by atoms with Gasteiger partial charge in [0.15, 0.2) is 0 Å². The number of hydrogen-bond donors (Lipinski definition) is 0. The minimum absolute atomic E-state index is 0.0323. The minimum atomic E-state index is -5.63. The molecule has 0 saturated heterocycles. The number of alkyl halides is 6. The van der Waals surface area contributed by atoms with Gasteiger partial charge in [-0.05, 0) is 61.4 Å². The van der Waals surface area contributed by atoms with Crippen LogP contribution < -0.4 is 0 Å². The summed E-state index contributed by atoms with van der Waals surface area (Å²) in [7, 11) is 0. The number of rotatable bonds is 8. The highest BCUT2D eigenvalue weighted by Crippen LogP contribution is 2.65. The summed E-state index contributed by atoms with van der Waals surface area (Å²) in [5.74, 6) is -15.9. The fourth-order valence-electron chi connectivity index (χ4n) is 4.54. The van der Waals surface area contributed by atoms with E-state index in [4.69, 9.17) is 0 Å². The second-order valence-corrected chi connectivity index (χ2v) is 12.0. The molecule has 1 aliphatic rings. The van der Waals surface area contributed by atoms with Crippen LogP contribution in [0.4, 0.5) is 37.7 Å². The van der Waals surface area contributed by atoms with Crippen LogP contribution >= 0.6 is 22.7 Å². The number of thiophene rings is 2. The van der Waals surface area contributed by atoms with Gasteiger partial charge in [-0.3, -0.25) is 0 Å². The van der Waals surface area contributed by atoms with E-state index in [-0.39, 0.29) is 34.0 Å². The van der Waals surface area contributed by atoms with Gasteiger partial charge >= 0.3 is 17.8 Å². The lowest BCUT2D eigenvalue weighted by Gasteiger charge is -2.25. The molecule has 41 heavy (non-hydrogen) atoms. The van der Waals surface area contributed by atoms with E-state index in [0.29, 0.717) is 21.1 Å². The van der Waals surface area contributed by atoms with Crippen molar-refractivity contribution in [2.24, 2.45) is 20.5 Å². The first-order valence-electron chi connectivity index (χ1n) is 12.4. The van der Waals surface area contributed by atoms with Crippen molar-refractivity contribution >= 4 is 45.2 Å². The van der Waals surface area contributed by atoms with E-state index in [2.05, 4.69) is 20.5 Å². The lowest BCUT2D eigenvalue weighted by molar-refractivity contribution is -0.254. The van der Waals surface area contributed by atoms with E-state index >= 15 is 17.6 Å². The maximum atomic E-state index is 15.3. The molecule has 0 bridgehead atoms. The molecule has 2 aromatic heterocycles. The average molecular weight is 605 g/mol. The third-order valence-electron chi connectivity index (χ3n) is 6.48. The summed E-state index contributed by atoms with van der Waals surface area (Å²) >= 11 is 2.03. The van der Waals surface area contributed by atoms with Crippen LogP contribution in [0, 0.1) is 13.8 Å². The summed E-state index contributed by atoms with van der Waals surface area (Å²) in [4.78, 5) is 1.23. The number of azo groups is 2. The molecule has 0 amide bonds. The van der Waals surface area contributed by atoms with E-state index in [1.165, 1.54) is 26.0 Å². The molecule has 0 atom stereocenters. The van der Waals surface area contributed by atoms with Gasteiger partial charge in [0.1, 0.15) is 0 Å². The second kappa shape index (κ2) is 11.0. The summed E-state index contributed by atoms with van der Waals surface area (Å²) in [6.07, 6.45) is 0. The fraction of sp³-hybridized carbons (Fsp3) is 0.241. The van der Waals surface area contributed by atoms with E-state index in [9.17, 15) is 8.78 Å². The molecule has 0 fully saturated rings. The van der Waals surface area contributed by atoms with Crippen molar-refractivity contribution in [3.8, 4) is 0 Å². The Balaban J connectivity index is 1.54. The van der Waals surface area contributed by atoms with Crippen molar-refractivity contribution in [2.45, 2.75) is 44.7 Å². The van der Waals surface area contributed by atoms with E-state index in [1.54, 1.807) is 60.7 Å². The quantitative estimate of drug-likeness (QED) is 0.142. The standard InChI is InChI=1S/C29H22F6N4S2/c1-17-23(13-21(40-17)15-36-38-19-9-5-3-6-10-19)25-26(28(32,33)29(34,35)27(25,30)31)24-14-22(41-18(24)2)16-37-39-20-11-7-4-8-12-20/h3-14H,15-16H2,1-2H3. The van der Waals surface area contributed by atoms with Gasteiger partial charge < -0.3 is 0 Å². The maximum absolute atomic E-state index is 15.3. The van der Waals surface area contributed by atoms with Crippen LogP contribution in [-0.4, -0.2) is 17.8 Å². The largest absolute Gasteiger partial charge is 0.380 e. The van der Waals surface area contributed by atoms with Crippen molar-refractivity contribution in [1.29, 1.82) is 0 Å². The topological polar surface area (TPSA) is 49.4 Å². The smallest absolute Gasteiger partial charge is 0.194 e. The molecule has 12 heteroatoms. The third kappa shape index (κ3) is 5.26. The Bertz CT molecular complexity index is 1520. The van der Waals surface area contributed by atoms with E-state index < -0.39 is 28.9 Å². The number of halogens is 6. The highest BCUT2D eigenvalue weighted by molar-refractivity contribution is 7.12. The van der Waals surface area contributed by atoms with E-state index in [1.807, 2.05) is 0 Å². The summed E-state index contributed by atoms with van der Waals surface area (Å²) in [5, 5.41) is 16.2. The van der Waals surface area contributed by atoms with Crippen LogP contribution in [0.3, 0.4) is 0 Å². The Morgan fingerprint density at radius 1 is 0.585 bits per heavy atom. The highest BCUT2D eigenvalue weighted by atomic mass is 32.1. The predicted octanol–water partition coefficient (Wildman–Crippen LogP) is 10.8. The number of nitrogens with zero attached hydrogens (tertiary/aromatic N) is 4. The van der Waals surface area contributed by atoms with Crippen molar-refractivity contribution in [1.82, 2.24) is 0 Å². The van der Waals surface area contributed by atoms with Gasteiger partial charge in [0.2, 0.25) is 0 Å². The van der Waals surface area contributed by atoms with Gasteiger partial charge in [-0.2, -0.15) is 46.8 Å². The van der Waals surface area contributed by atoms with Crippen molar-refractivity contribution in [3.05, 3.63) is 103 Å². The number of allylic oxidation sites excluding steroid dienone is 2. The first-order chi connectivity index (χ1) is 19.4. The summed E-state index contributed by atoms with van der Waals surface area (Å²) in [6, 6.07) is 20.0. The maximum Gasteiger partial charge on any atom is 0.380 e. The zero-order valence-corrected chi connectivity index (χ0v) is 23.3. The Hall–Kier alpha value is -3.64. The van der Waals surface area contributed by atoms with Gasteiger partial charge in [-0.25, -0.2) is 0 Å². The molecule has 2 aromatic carbocycles. The van der Waals surface area contributed by atoms with Gasteiger partial charge in [0, 0.05) is 30.7 Å². The lowest BCUT2D eigenvalue weighted by atomic mass is 9.95. The van der Waals surface area contributed by atoms with Gasteiger partial charge in [0.05, 0.1) is 24.5 Å². The Labute approximate surface area is 239 Å². The molecule has 4 aromatic rings. The second-order valence-electron chi connectivity index (χ2n) is 9.31. The predicted molar refractivity (Wildman–Crippen MR) is 149 cm³/mol. The van der Waals surface area contributed by atoms with Gasteiger partial charge in [-0.15, -0.1) is 22.7 Å². The molecular weight excluding hydrogens is 582 g/mol. The molecule has 4 nitrogen and oxygen atoms in total. The molecular formula is C29H22F6N4S2. The fourth-order valence-corrected chi connectivity index (χ4v) is 6.46. The molecule has 0 saturated carbocycles. The number of hydrogen-bond acceptors (Lipinski definition) is 6. The van der Waals surface area contributed by atoms with Crippen LogP contribution in [0.15, 0.2) is 93.3 Å². The Morgan fingerprint density at radius 2 is 0.951 bits per heavy atom. The zero-order valence-electron chi connectivity index (χ0n) is 21.7. The number of benzene rings is 2. The summed E-state index contributed by atoms with van der Waals surface area (Å²) in [5.41, 5.74) is -2.31. The third-order valence-corrected chi connectivity index (χ3v) is 8.55. The van der Waals surface area contributed by atoms with Crippen LogP contribution in [0.2, 0.25) is 0 Å². The van der Waals surface area contributed by atoms with Gasteiger partial charge in [-0.1, -0.05) is 36.4 Å². The Morgan fingerprint density at radius 3 is 1.32 bits per heavy atom. The average Bonchev–Trinajstić information content (AvgIpc) is 3.51. The van der Waals surface area contributed by atoms with Crippen LogP contribution in [0.5, 0.6) is 0 Å². The van der Waals surface area contributed by atoms with Crippen LogP contribution in [0.1, 0.15) is 30.6 Å². The normalized spacial score (nSPS) is 17.8. The molecule has 0 N–H and O–H groups in total. The molecule has 2 heterocycles. The Kier molecular flexibility index (Phi) is 7.73. The molecule has 0 radical (unpaired) electrons. The minimum Gasteiger partial charge on any atom is -0.194 e. The lowest BCUT2D eigenvalue weighted by Crippen LogP contribution is -2.48. The number of aryl methyl sites for hydroxylation is 2. The first kappa shape index (κ1) is 28.9. The van der Waals surface area contributed by atoms with Crippen LogP contribution in [0.25, 0.3) is 11.1 Å². The summed E-state index contributed by atoms with van der Waals surface area (Å²) < 4.78 is 91.0. The van der Waals surface area contributed by atoms with Crippen LogP contribution in [-0.2, 0) is 13.1 Å². The molecule has 212 valence electrons. The van der Waals surface area contributed by atoms with Crippen molar-refractivity contribution in [3.63, 3.8) is 0 Å².